The maximum atomic E-state index is 11.9. The SMILES string of the molecule is CCCCCCCCc1cc(CCCC)cc(C2=CC(CC)=C(c3cc(CCCC)cc(CCCCCCCC)c3)[N+]2=[N-])c1.Cc1cc[c-]cc1.Cc1cc[c-]cc1.[Pd+2]. The van der Waals surface area contributed by atoms with Crippen LogP contribution in [0.4, 0.5) is 0 Å². The van der Waals surface area contributed by atoms with Crippen LogP contribution < -0.4 is 0 Å². The van der Waals surface area contributed by atoms with Gasteiger partial charge in [-0.15, -0.1) is 0 Å². The van der Waals surface area contributed by atoms with E-state index in [1.165, 1.54) is 152 Å². The second-order valence-electron chi connectivity index (χ2n) is 16.5. The Balaban J connectivity index is 0.000000667. The Labute approximate surface area is 376 Å². The zero-order valence-corrected chi connectivity index (χ0v) is 39.8. The summed E-state index contributed by atoms with van der Waals surface area (Å²) in [5, 5.41) is 0. The minimum atomic E-state index is 0. The number of hydrogen-bond acceptors (Lipinski definition) is 0. The minimum Gasteiger partial charge on any atom is -0.493 e. The summed E-state index contributed by atoms with van der Waals surface area (Å²) in [6.07, 6.45) is 28.3. The van der Waals surface area contributed by atoms with Gasteiger partial charge in [0.15, 0.2) is 0 Å². The van der Waals surface area contributed by atoms with Crippen molar-refractivity contribution in [2.45, 2.75) is 183 Å². The van der Waals surface area contributed by atoms with E-state index in [1.807, 2.05) is 48.5 Å². The number of aryl methyl sites for hydroxylation is 6. The third-order valence-electron chi connectivity index (χ3n) is 11.2. The standard InChI is InChI=1S/C42H64N2.2C7H7.Pd/c1-6-11-15-17-19-21-25-36-27-34(23-13-8-3)29-39(30-36)41-33-38(10-5)42(44(41)43)40-31-35(24-14-9-4)28-37(32-40)26-22-20-18-16-12-7-2;2*1-7-5-3-2-4-6-7;/h27-33H,6-26H2,1-5H3;2*3-6H,1H3;/q;2*-1;+2. The molecule has 0 saturated carbocycles. The molecule has 0 aromatic heterocycles. The van der Waals surface area contributed by atoms with Gasteiger partial charge >= 0.3 is 20.4 Å². The predicted molar refractivity (Wildman–Crippen MR) is 253 cm³/mol. The molecule has 0 amide bonds. The molecule has 0 atom stereocenters. The zero-order valence-electron chi connectivity index (χ0n) is 38.2. The number of benzene rings is 4. The third kappa shape index (κ3) is 20.2. The van der Waals surface area contributed by atoms with E-state index in [0.717, 1.165) is 49.1 Å². The van der Waals surface area contributed by atoms with Crippen LogP contribution in [-0.2, 0) is 46.1 Å². The van der Waals surface area contributed by atoms with Crippen molar-refractivity contribution in [2.24, 2.45) is 0 Å². The summed E-state index contributed by atoms with van der Waals surface area (Å²) in [6.45, 7) is 15.5. The van der Waals surface area contributed by atoms with Gasteiger partial charge in [0, 0.05) is 22.8 Å². The molecule has 0 saturated heterocycles. The van der Waals surface area contributed by atoms with Gasteiger partial charge in [0.1, 0.15) is 0 Å². The van der Waals surface area contributed by atoms with Gasteiger partial charge in [-0.2, -0.15) is 71.8 Å². The fourth-order valence-corrected chi connectivity index (χ4v) is 7.64. The van der Waals surface area contributed by atoms with Gasteiger partial charge in [0.2, 0.25) is 11.4 Å². The van der Waals surface area contributed by atoms with E-state index >= 15 is 0 Å². The Morgan fingerprint density at radius 2 is 0.814 bits per heavy atom. The van der Waals surface area contributed by atoms with Crippen LogP contribution in [-0.4, -0.2) is 4.70 Å². The molecule has 4 aromatic carbocycles. The fourth-order valence-electron chi connectivity index (χ4n) is 7.64. The molecule has 322 valence electrons. The summed E-state index contributed by atoms with van der Waals surface area (Å²) in [4.78, 5) is 0. The number of rotatable bonds is 23. The Hall–Kier alpha value is -3.38. The number of hydrogen-bond donors (Lipinski definition) is 0. The summed E-state index contributed by atoms with van der Waals surface area (Å²) in [7, 11) is 0. The van der Waals surface area contributed by atoms with E-state index < -0.39 is 0 Å². The quantitative estimate of drug-likeness (QED) is 0.0307. The Morgan fingerprint density at radius 1 is 0.458 bits per heavy atom. The summed E-state index contributed by atoms with van der Waals surface area (Å²) in [6, 6.07) is 35.9. The first-order valence-corrected chi connectivity index (χ1v) is 23.4. The van der Waals surface area contributed by atoms with Crippen molar-refractivity contribution in [1.82, 2.24) is 0 Å². The average Bonchev–Trinajstić information content (AvgIpc) is 3.58. The van der Waals surface area contributed by atoms with Crippen molar-refractivity contribution in [3.63, 3.8) is 0 Å². The van der Waals surface area contributed by atoms with Crippen molar-refractivity contribution < 1.29 is 25.1 Å². The molecule has 0 radical (unpaired) electrons. The van der Waals surface area contributed by atoms with E-state index in [9.17, 15) is 5.53 Å². The van der Waals surface area contributed by atoms with Crippen LogP contribution in [0.1, 0.15) is 188 Å². The van der Waals surface area contributed by atoms with Gasteiger partial charge < -0.3 is 5.53 Å². The molecule has 1 aliphatic rings. The average molecular weight is 886 g/mol. The topological polar surface area (TPSA) is 25.3 Å². The maximum Gasteiger partial charge on any atom is 2.00 e. The van der Waals surface area contributed by atoms with Gasteiger partial charge in [-0.25, -0.2) is 4.70 Å². The van der Waals surface area contributed by atoms with Crippen LogP contribution in [0.15, 0.2) is 96.6 Å². The van der Waals surface area contributed by atoms with E-state index in [2.05, 4.69) is 103 Å². The predicted octanol–water partition coefficient (Wildman–Crippen LogP) is 17.0. The van der Waals surface area contributed by atoms with Gasteiger partial charge in [0.05, 0.1) is 0 Å². The van der Waals surface area contributed by atoms with E-state index in [-0.39, 0.29) is 20.4 Å². The first-order chi connectivity index (χ1) is 28.3. The van der Waals surface area contributed by atoms with Crippen LogP contribution in [0.25, 0.3) is 16.9 Å². The van der Waals surface area contributed by atoms with Crippen LogP contribution in [0, 0.1) is 26.0 Å². The molecule has 0 unspecified atom stereocenters. The number of nitrogens with zero attached hydrogens (tertiary/aromatic N) is 2. The third-order valence-corrected chi connectivity index (χ3v) is 11.2. The molecule has 0 bridgehead atoms. The second kappa shape index (κ2) is 31.5. The summed E-state index contributed by atoms with van der Waals surface area (Å²) < 4.78 is 1.53. The smallest absolute Gasteiger partial charge is 0.493 e. The molecule has 3 heteroatoms. The van der Waals surface area contributed by atoms with Crippen LogP contribution >= 0.6 is 0 Å². The van der Waals surface area contributed by atoms with Crippen molar-refractivity contribution >= 4 is 11.4 Å². The molecule has 59 heavy (non-hydrogen) atoms. The van der Waals surface area contributed by atoms with Crippen molar-refractivity contribution in [1.29, 1.82) is 0 Å². The van der Waals surface area contributed by atoms with Crippen molar-refractivity contribution in [2.75, 3.05) is 0 Å². The van der Waals surface area contributed by atoms with Crippen molar-refractivity contribution in [3.8, 4) is 0 Å². The van der Waals surface area contributed by atoms with Crippen LogP contribution in [0.5, 0.6) is 0 Å². The van der Waals surface area contributed by atoms with Gasteiger partial charge in [-0.1, -0.05) is 138 Å². The molecule has 1 heterocycles. The molecular weight excluding hydrogens is 807 g/mol. The maximum absolute atomic E-state index is 11.9. The zero-order chi connectivity index (χ0) is 41.8. The molecular formula is C56H78N2Pd. The normalized spacial score (nSPS) is 12.0. The molecule has 2 nitrogen and oxygen atoms in total. The Bertz CT molecular complexity index is 1750. The minimum absolute atomic E-state index is 0. The molecule has 0 spiro atoms. The van der Waals surface area contributed by atoms with E-state index in [1.54, 1.807) is 0 Å². The number of allylic oxidation sites excluding steroid dienone is 2. The Kier molecular flexibility index (Phi) is 27.6. The summed E-state index contributed by atoms with van der Waals surface area (Å²) in [5.41, 5.74) is 25.6. The Morgan fingerprint density at radius 3 is 1.17 bits per heavy atom. The van der Waals surface area contributed by atoms with E-state index in [0.29, 0.717) is 0 Å². The van der Waals surface area contributed by atoms with Gasteiger partial charge in [0.25, 0.3) is 0 Å². The van der Waals surface area contributed by atoms with Crippen LogP contribution in [0.3, 0.4) is 0 Å². The first-order valence-electron chi connectivity index (χ1n) is 23.4. The molecule has 1 aliphatic heterocycles. The van der Waals surface area contributed by atoms with Gasteiger partial charge in [-0.3, -0.25) is 0 Å². The molecule has 5 rings (SSSR count). The molecule has 0 aliphatic carbocycles. The summed E-state index contributed by atoms with van der Waals surface area (Å²) >= 11 is 0. The molecule has 4 aromatic rings. The van der Waals surface area contributed by atoms with E-state index in [4.69, 9.17) is 0 Å². The van der Waals surface area contributed by atoms with Crippen LogP contribution in [0.2, 0.25) is 0 Å². The molecule has 0 N–H and O–H groups in total. The second-order valence-corrected chi connectivity index (χ2v) is 16.5. The fraction of sp³-hybridized carbons (Fsp3) is 0.500. The van der Waals surface area contributed by atoms with Crippen molar-refractivity contribution in [3.05, 3.63) is 159 Å². The first kappa shape index (κ1) is 51.8. The largest absolute Gasteiger partial charge is 2.00 e. The van der Waals surface area contributed by atoms with Gasteiger partial charge in [-0.05, 0) is 104 Å². The monoisotopic (exact) mass is 885 g/mol. The molecule has 0 fully saturated rings. The summed E-state index contributed by atoms with van der Waals surface area (Å²) in [5.74, 6) is 0. The number of unbranched alkanes of at least 4 members (excludes halogenated alkanes) is 12.